The molecule has 2 aliphatic heterocycles. The van der Waals surface area contributed by atoms with Gasteiger partial charge >= 0.3 is 6.03 Å². The van der Waals surface area contributed by atoms with Crippen molar-refractivity contribution in [3.8, 4) is 0 Å². The van der Waals surface area contributed by atoms with Gasteiger partial charge in [0.05, 0.1) is 0 Å². The van der Waals surface area contributed by atoms with Crippen LogP contribution in [0.15, 0.2) is 0 Å². The summed E-state index contributed by atoms with van der Waals surface area (Å²) < 4.78 is 5.41. The number of thiocarbonyl (C=S) groups is 1. The second-order valence-electron chi connectivity index (χ2n) is 11.0. The number of carbonyl (C=O) groups excluding carboxylic acids is 1. The van der Waals surface area contributed by atoms with Crippen molar-refractivity contribution in [1.82, 2.24) is 20.9 Å². The molecule has 6 nitrogen and oxygen atoms in total. The minimum absolute atomic E-state index is 0.0800. The zero-order valence-corrected chi connectivity index (χ0v) is 19.9. The first-order chi connectivity index (χ1) is 15.0. The Hall–Kier alpha value is -1.08. The molecule has 0 unspecified atom stereocenters. The Morgan fingerprint density at radius 2 is 1.65 bits per heavy atom. The van der Waals surface area contributed by atoms with E-state index in [2.05, 4.69) is 20.9 Å². The topological polar surface area (TPSA) is 65.6 Å². The van der Waals surface area contributed by atoms with Gasteiger partial charge in [-0.2, -0.15) is 0 Å². The fraction of sp³-hybridized carbons (Fsp3) is 0.917. The van der Waals surface area contributed by atoms with Crippen LogP contribution in [0, 0.1) is 17.8 Å². The molecular weight excluding hydrogens is 408 g/mol. The Kier molecular flexibility index (Phi) is 6.35. The van der Waals surface area contributed by atoms with E-state index in [9.17, 15) is 4.79 Å². The van der Waals surface area contributed by atoms with Crippen molar-refractivity contribution in [1.29, 1.82) is 0 Å². The maximum Gasteiger partial charge on any atom is 0.315 e. The zero-order valence-electron chi connectivity index (χ0n) is 19.0. The standard InChI is InChI=1S/C24H40N4O2S/c1-2-30-7-3-6-25-23(31)28-20-4-5-21(28)12-19(11-20)26-22(29)27-24-13-16-8-17(14-24)10-18(9-16)15-24/h16-21H,2-15H2,1H3,(H,25,31)(H2,26,27,29)/t16?,17?,18?,20-,21-,24?/m0/s1. The lowest BCUT2D eigenvalue weighted by Crippen LogP contribution is -2.63. The molecule has 2 atom stereocenters. The summed E-state index contributed by atoms with van der Waals surface area (Å²) in [6, 6.07) is 1.26. The SMILES string of the molecule is CCOCCCNC(=S)N1[C@H]2CC[C@H]1CC(NC(=O)NC13CC4CC(CC(C4)C1)C3)C2. The van der Waals surface area contributed by atoms with Crippen molar-refractivity contribution in [2.75, 3.05) is 19.8 Å². The number of hydrogen-bond acceptors (Lipinski definition) is 3. The fourth-order valence-electron chi connectivity index (χ4n) is 7.96. The van der Waals surface area contributed by atoms with Gasteiger partial charge in [0.15, 0.2) is 5.11 Å². The first-order valence-electron chi connectivity index (χ1n) is 12.8. The predicted octanol–water partition coefficient (Wildman–Crippen LogP) is 3.55. The number of fused-ring (bicyclic) bond motifs is 2. The van der Waals surface area contributed by atoms with Crippen LogP contribution in [0.5, 0.6) is 0 Å². The summed E-state index contributed by atoms with van der Waals surface area (Å²) in [7, 11) is 0. The van der Waals surface area contributed by atoms with Gasteiger partial charge in [-0.1, -0.05) is 0 Å². The van der Waals surface area contributed by atoms with Crippen LogP contribution >= 0.6 is 12.2 Å². The lowest BCUT2D eigenvalue weighted by atomic mass is 9.53. The molecule has 6 bridgehead atoms. The average Bonchev–Trinajstić information content (AvgIpc) is 2.97. The number of urea groups is 1. The molecule has 7 heteroatoms. The molecular formula is C24H40N4O2S. The summed E-state index contributed by atoms with van der Waals surface area (Å²) >= 11 is 5.72. The predicted molar refractivity (Wildman–Crippen MR) is 126 cm³/mol. The van der Waals surface area contributed by atoms with Crippen molar-refractivity contribution in [2.24, 2.45) is 17.8 Å². The van der Waals surface area contributed by atoms with Crippen molar-refractivity contribution >= 4 is 23.4 Å². The Labute approximate surface area is 192 Å². The van der Waals surface area contributed by atoms with E-state index in [0.717, 1.165) is 61.9 Å². The highest BCUT2D eigenvalue weighted by molar-refractivity contribution is 7.80. The van der Waals surface area contributed by atoms with E-state index < -0.39 is 0 Å². The molecule has 2 saturated heterocycles. The molecule has 0 aromatic rings. The van der Waals surface area contributed by atoms with Crippen LogP contribution in [0.4, 0.5) is 4.79 Å². The molecule has 6 aliphatic rings. The highest BCUT2D eigenvalue weighted by atomic mass is 32.1. The van der Waals surface area contributed by atoms with Crippen molar-refractivity contribution < 1.29 is 9.53 Å². The quantitative estimate of drug-likeness (QED) is 0.411. The summed E-state index contributed by atoms with van der Waals surface area (Å²) in [6.07, 6.45) is 13.2. The Balaban J connectivity index is 1.09. The third-order valence-electron chi connectivity index (χ3n) is 8.67. The van der Waals surface area contributed by atoms with Crippen LogP contribution in [-0.2, 0) is 4.74 Å². The number of nitrogens with one attached hydrogen (secondary N) is 3. The third-order valence-corrected chi connectivity index (χ3v) is 9.02. The number of hydrogen-bond donors (Lipinski definition) is 3. The van der Waals surface area contributed by atoms with Gasteiger partial charge in [0.25, 0.3) is 0 Å². The third kappa shape index (κ3) is 4.68. The second kappa shape index (κ2) is 9.05. The maximum absolute atomic E-state index is 13.0. The zero-order chi connectivity index (χ0) is 21.4. The molecule has 174 valence electrons. The molecule has 3 N–H and O–H groups in total. The van der Waals surface area contributed by atoms with Crippen molar-refractivity contribution in [3.63, 3.8) is 0 Å². The first kappa shape index (κ1) is 21.7. The van der Waals surface area contributed by atoms with E-state index in [-0.39, 0.29) is 17.6 Å². The van der Waals surface area contributed by atoms with Crippen molar-refractivity contribution in [3.05, 3.63) is 0 Å². The molecule has 0 aromatic carbocycles. The summed E-state index contributed by atoms with van der Waals surface area (Å²) in [4.78, 5) is 15.4. The largest absolute Gasteiger partial charge is 0.382 e. The first-order valence-corrected chi connectivity index (χ1v) is 13.2. The van der Waals surface area contributed by atoms with Gasteiger partial charge in [0.2, 0.25) is 0 Å². The Bertz CT molecular complexity index is 637. The number of piperidine rings is 1. The number of rotatable bonds is 7. The van der Waals surface area contributed by atoms with Crippen LogP contribution < -0.4 is 16.0 Å². The molecule has 2 amide bonds. The van der Waals surface area contributed by atoms with Crippen molar-refractivity contribution in [2.45, 2.75) is 101 Å². The van der Waals surface area contributed by atoms with Gasteiger partial charge < -0.3 is 25.6 Å². The number of carbonyl (C=O) groups is 1. The van der Waals surface area contributed by atoms with Crippen LogP contribution in [0.2, 0.25) is 0 Å². The smallest absolute Gasteiger partial charge is 0.315 e. The van der Waals surface area contributed by atoms with Crippen LogP contribution in [0.25, 0.3) is 0 Å². The van der Waals surface area contributed by atoms with Gasteiger partial charge in [-0.25, -0.2) is 4.79 Å². The number of amides is 2. The maximum atomic E-state index is 13.0. The molecule has 0 radical (unpaired) electrons. The van der Waals surface area contributed by atoms with Crippen LogP contribution in [-0.4, -0.2) is 59.5 Å². The number of nitrogens with zero attached hydrogens (tertiary/aromatic N) is 1. The summed E-state index contributed by atoms with van der Waals surface area (Å²) in [5.74, 6) is 2.56. The van der Waals surface area contributed by atoms with E-state index in [4.69, 9.17) is 17.0 Å². The molecule has 4 saturated carbocycles. The van der Waals surface area contributed by atoms with E-state index in [1.807, 2.05) is 6.92 Å². The average molecular weight is 449 g/mol. The monoisotopic (exact) mass is 448 g/mol. The molecule has 4 aliphatic carbocycles. The molecule has 0 aromatic heterocycles. The molecule has 2 heterocycles. The number of ether oxygens (including phenoxy) is 1. The fourth-order valence-corrected chi connectivity index (χ4v) is 8.36. The van der Waals surface area contributed by atoms with Gasteiger partial charge in [0, 0.05) is 43.4 Å². The molecule has 6 rings (SSSR count). The second-order valence-corrected chi connectivity index (χ2v) is 11.4. The summed E-state index contributed by atoms with van der Waals surface area (Å²) in [5.41, 5.74) is 0.0888. The minimum Gasteiger partial charge on any atom is -0.382 e. The Morgan fingerprint density at radius 1 is 1.03 bits per heavy atom. The van der Waals surface area contributed by atoms with Crippen LogP contribution in [0.3, 0.4) is 0 Å². The summed E-state index contributed by atoms with van der Waals surface area (Å²) in [6.45, 7) is 4.44. The highest BCUT2D eigenvalue weighted by Crippen LogP contribution is 2.55. The lowest BCUT2D eigenvalue weighted by molar-refractivity contribution is -0.0138. The Morgan fingerprint density at radius 3 is 2.23 bits per heavy atom. The van der Waals surface area contributed by atoms with E-state index in [1.165, 1.54) is 51.4 Å². The van der Waals surface area contributed by atoms with E-state index in [0.29, 0.717) is 12.1 Å². The normalized spacial score (nSPS) is 40.1. The van der Waals surface area contributed by atoms with Crippen LogP contribution in [0.1, 0.15) is 77.6 Å². The molecule has 0 spiro atoms. The minimum atomic E-state index is 0.0800. The van der Waals surface area contributed by atoms with Gasteiger partial charge in [-0.15, -0.1) is 0 Å². The van der Waals surface area contributed by atoms with E-state index in [1.54, 1.807) is 0 Å². The highest BCUT2D eigenvalue weighted by Gasteiger charge is 2.52. The van der Waals surface area contributed by atoms with Gasteiger partial charge in [0.1, 0.15) is 0 Å². The van der Waals surface area contributed by atoms with E-state index >= 15 is 0 Å². The molecule has 31 heavy (non-hydrogen) atoms. The summed E-state index contributed by atoms with van der Waals surface area (Å²) in [5, 5.41) is 11.2. The van der Waals surface area contributed by atoms with Gasteiger partial charge in [-0.05, 0) is 108 Å². The molecule has 6 fully saturated rings. The van der Waals surface area contributed by atoms with Gasteiger partial charge in [-0.3, -0.25) is 0 Å². The lowest BCUT2D eigenvalue weighted by Gasteiger charge is -2.56.